The number of aromatic nitrogens is 4. The minimum Gasteiger partial charge on any atom is -0.221 e. The van der Waals surface area contributed by atoms with Crippen LogP contribution in [0.4, 0.5) is 0 Å². The maximum Gasteiger partial charge on any atom is 0.272 e. The summed E-state index contributed by atoms with van der Waals surface area (Å²) < 4.78 is 24.8. The molecule has 1 heterocycles. The Morgan fingerprint density at radius 2 is 2.12 bits per heavy atom. The molecule has 6 nitrogen and oxygen atoms in total. The first-order valence-corrected chi connectivity index (χ1v) is 6.91. The van der Waals surface area contributed by atoms with Crippen LogP contribution in [0.1, 0.15) is 0 Å². The number of rotatable bonds is 2. The first-order chi connectivity index (χ1) is 7.48. The van der Waals surface area contributed by atoms with Crippen LogP contribution in [0, 0.1) is 0 Å². The first kappa shape index (κ1) is 11.2. The maximum absolute atomic E-state index is 11.4. The van der Waals surface area contributed by atoms with Crippen molar-refractivity contribution in [3.05, 3.63) is 28.7 Å². The molecule has 0 aliphatic rings. The van der Waals surface area contributed by atoms with Crippen molar-refractivity contribution < 1.29 is 8.42 Å². The zero-order valence-electron chi connectivity index (χ0n) is 8.20. The zero-order chi connectivity index (χ0) is 11.8. The summed E-state index contributed by atoms with van der Waals surface area (Å²) in [6, 6.07) is 7.04. The molecule has 0 bridgehead atoms. The third-order valence-electron chi connectivity index (χ3n) is 1.83. The topological polar surface area (TPSA) is 77.7 Å². The van der Waals surface area contributed by atoms with Crippen molar-refractivity contribution in [1.29, 1.82) is 0 Å². The highest BCUT2D eigenvalue weighted by Crippen LogP contribution is 2.16. The highest BCUT2D eigenvalue weighted by atomic mass is 79.9. The molecule has 0 saturated heterocycles. The van der Waals surface area contributed by atoms with Gasteiger partial charge in [-0.1, -0.05) is 27.1 Å². The number of tetrazole rings is 1. The summed E-state index contributed by atoms with van der Waals surface area (Å²) in [6.07, 6.45) is 1.06. The van der Waals surface area contributed by atoms with Crippen molar-refractivity contribution in [2.75, 3.05) is 6.26 Å². The molecule has 16 heavy (non-hydrogen) atoms. The Morgan fingerprint density at radius 1 is 1.38 bits per heavy atom. The van der Waals surface area contributed by atoms with Crippen LogP contribution in [0.25, 0.3) is 5.69 Å². The number of halogens is 1. The van der Waals surface area contributed by atoms with Crippen LogP contribution in [0.3, 0.4) is 0 Å². The van der Waals surface area contributed by atoms with E-state index < -0.39 is 9.84 Å². The van der Waals surface area contributed by atoms with Gasteiger partial charge < -0.3 is 0 Å². The van der Waals surface area contributed by atoms with Crippen LogP contribution in [-0.2, 0) is 9.84 Å². The van der Waals surface area contributed by atoms with E-state index in [0.717, 1.165) is 10.7 Å². The molecule has 0 unspecified atom stereocenters. The molecule has 2 rings (SSSR count). The fourth-order valence-electron chi connectivity index (χ4n) is 1.18. The lowest BCUT2D eigenvalue weighted by Gasteiger charge is -2.02. The van der Waals surface area contributed by atoms with Gasteiger partial charge in [0.05, 0.1) is 5.69 Å². The van der Waals surface area contributed by atoms with E-state index in [1.165, 1.54) is 4.68 Å². The van der Waals surface area contributed by atoms with Gasteiger partial charge in [0.1, 0.15) is 0 Å². The predicted molar refractivity (Wildman–Crippen MR) is 60.0 cm³/mol. The predicted octanol–water partition coefficient (Wildman–Crippen LogP) is 0.828. The van der Waals surface area contributed by atoms with Crippen molar-refractivity contribution in [3.8, 4) is 5.69 Å². The lowest BCUT2D eigenvalue weighted by Crippen LogP contribution is -2.08. The molecule has 0 saturated carbocycles. The summed E-state index contributed by atoms with van der Waals surface area (Å²) in [5, 5.41) is 10.3. The Kier molecular flexibility index (Phi) is 2.76. The average molecular weight is 303 g/mol. The van der Waals surface area contributed by atoms with Crippen molar-refractivity contribution in [3.63, 3.8) is 0 Å². The quantitative estimate of drug-likeness (QED) is 0.821. The van der Waals surface area contributed by atoms with E-state index in [1.807, 2.05) is 6.07 Å². The Labute approximate surface area is 100 Å². The monoisotopic (exact) mass is 302 g/mol. The van der Waals surface area contributed by atoms with Crippen molar-refractivity contribution in [1.82, 2.24) is 20.2 Å². The van der Waals surface area contributed by atoms with E-state index in [0.29, 0.717) is 5.69 Å². The largest absolute Gasteiger partial charge is 0.272 e. The van der Waals surface area contributed by atoms with Gasteiger partial charge in [-0.05, 0) is 28.6 Å². The SMILES string of the molecule is CS(=O)(=O)c1nnnn1-c1cccc(Br)c1. The van der Waals surface area contributed by atoms with E-state index in [1.54, 1.807) is 18.2 Å². The molecule has 2 aromatic rings. The molecule has 0 aliphatic carbocycles. The van der Waals surface area contributed by atoms with Gasteiger partial charge in [0.25, 0.3) is 5.16 Å². The lowest BCUT2D eigenvalue weighted by atomic mass is 10.3. The standard InChI is InChI=1S/C8H7BrN4O2S/c1-16(14,15)8-10-11-12-13(8)7-4-2-3-6(9)5-7/h2-5H,1H3. The van der Waals surface area contributed by atoms with Crippen molar-refractivity contribution >= 4 is 25.8 Å². The molecule has 0 spiro atoms. The highest BCUT2D eigenvalue weighted by molar-refractivity contribution is 9.10. The van der Waals surface area contributed by atoms with Crippen LogP contribution in [-0.4, -0.2) is 34.9 Å². The molecule has 84 valence electrons. The van der Waals surface area contributed by atoms with Gasteiger partial charge in [-0.3, -0.25) is 0 Å². The van der Waals surface area contributed by atoms with Gasteiger partial charge in [-0.15, -0.1) is 0 Å². The molecular formula is C8H7BrN4O2S. The maximum atomic E-state index is 11.4. The molecule has 8 heteroatoms. The summed E-state index contributed by atoms with van der Waals surface area (Å²) in [4.78, 5) is 0. The lowest BCUT2D eigenvalue weighted by molar-refractivity contribution is 0.586. The normalized spacial score (nSPS) is 11.6. The Morgan fingerprint density at radius 3 is 2.75 bits per heavy atom. The van der Waals surface area contributed by atoms with Gasteiger partial charge in [-0.2, -0.15) is 4.68 Å². The smallest absolute Gasteiger partial charge is 0.221 e. The van der Waals surface area contributed by atoms with E-state index >= 15 is 0 Å². The minimum atomic E-state index is -3.44. The van der Waals surface area contributed by atoms with Gasteiger partial charge in [0, 0.05) is 10.7 Å². The van der Waals surface area contributed by atoms with E-state index in [4.69, 9.17) is 0 Å². The molecule has 0 fully saturated rings. The fourth-order valence-corrected chi connectivity index (χ4v) is 2.21. The molecule has 1 aromatic carbocycles. The molecule has 0 N–H and O–H groups in total. The highest BCUT2D eigenvalue weighted by Gasteiger charge is 2.18. The van der Waals surface area contributed by atoms with Crippen LogP contribution in [0.2, 0.25) is 0 Å². The average Bonchev–Trinajstić information content (AvgIpc) is 2.65. The third kappa shape index (κ3) is 2.12. The fraction of sp³-hybridized carbons (Fsp3) is 0.125. The molecule has 0 amide bonds. The second-order valence-electron chi connectivity index (χ2n) is 3.13. The number of nitrogens with zero attached hydrogens (tertiary/aromatic N) is 4. The summed E-state index contributed by atoms with van der Waals surface area (Å²) >= 11 is 3.29. The van der Waals surface area contributed by atoms with E-state index in [2.05, 4.69) is 31.5 Å². The Bertz CT molecular complexity index is 622. The van der Waals surface area contributed by atoms with Gasteiger partial charge in [0.15, 0.2) is 0 Å². The number of sulfone groups is 1. The number of hydrogen-bond acceptors (Lipinski definition) is 5. The van der Waals surface area contributed by atoms with Crippen molar-refractivity contribution in [2.45, 2.75) is 5.16 Å². The van der Waals surface area contributed by atoms with Gasteiger partial charge in [-0.25, -0.2) is 8.42 Å². The molecule has 0 radical (unpaired) electrons. The van der Waals surface area contributed by atoms with E-state index in [9.17, 15) is 8.42 Å². The molecule has 0 aliphatic heterocycles. The molecule has 0 atom stereocenters. The zero-order valence-corrected chi connectivity index (χ0v) is 10.6. The van der Waals surface area contributed by atoms with Gasteiger partial charge in [0.2, 0.25) is 9.84 Å². The first-order valence-electron chi connectivity index (χ1n) is 4.23. The number of hydrogen-bond donors (Lipinski definition) is 0. The van der Waals surface area contributed by atoms with Gasteiger partial charge >= 0.3 is 0 Å². The Balaban J connectivity index is 2.62. The van der Waals surface area contributed by atoms with Crippen LogP contribution in [0.15, 0.2) is 33.9 Å². The van der Waals surface area contributed by atoms with Crippen LogP contribution >= 0.6 is 15.9 Å². The summed E-state index contributed by atoms with van der Waals surface area (Å²) in [6.45, 7) is 0. The molecule has 1 aromatic heterocycles. The second kappa shape index (κ2) is 3.95. The Hall–Kier alpha value is -1.28. The number of benzene rings is 1. The second-order valence-corrected chi connectivity index (χ2v) is 5.95. The van der Waals surface area contributed by atoms with Crippen molar-refractivity contribution in [2.24, 2.45) is 0 Å². The van der Waals surface area contributed by atoms with Crippen LogP contribution in [0.5, 0.6) is 0 Å². The van der Waals surface area contributed by atoms with Crippen LogP contribution < -0.4 is 0 Å². The minimum absolute atomic E-state index is 0.175. The summed E-state index contributed by atoms with van der Waals surface area (Å²) in [5.41, 5.74) is 0.583. The molecular weight excluding hydrogens is 296 g/mol. The van der Waals surface area contributed by atoms with E-state index in [-0.39, 0.29) is 5.16 Å². The summed E-state index contributed by atoms with van der Waals surface area (Å²) in [7, 11) is -3.44. The third-order valence-corrected chi connectivity index (χ3v) is 3.24. The summed E-state index contributed by atoms with van der Waals surface area (Å²) in [5.74, 6) is 0.